The van der Waals surface area contributed by atoms with Crippen LogP contribution in [0, 0.1) is 0 Å². The lowest BCUT2D eigenvalue weighted by Crippen LogP contribution is -2.43. The van der Waals surface area contributed by atoms with Gasteiger partial charge in [-0.1, -0.05) is 13.8 Å². The second kappa shape index (κ2) is 9.70. The lowest BCUT2D eigenvalue weighted by molar-refractivity contribution is -0.150. The maximum absolute atomic E-state index is 12.3. The molecule has 2 N–H and O–H groups in total. The number of nitrogens with one attached hydrogen (secondary N) is 2. The van der Waals surface area contributed by atoms with Crippen molar-refractivity contribution in [3.8, 4) is 0 Å². The lowest BCUT2D eigenvalue weighted by atomic mass is 9.99. The number of anilines is 1. The molecule has 1 aliphatic heterocycles. The van der Waals surface area contributed by atoms with E-state index in [1.54, 1.807) is 26.8 Å². The van der Waals surface area contributed by atoms with Crippen molar-refractivity contribution in [2.45, 2.75) is 46.1 Å². The van der Waals surface area contributed by atoms with Gasteiger partial charge in [0.1, 0.15) is 17.1 Å². The molecule has 1 atom stereocenters. The van der Waals surface area contributed by atoms with E-state index in [1.165, 1.54) is 11.3 Å². The molecule has 0 radical (unpaired) electrons. The van der Waals surface area contributed by atoms with Gasteiger partial charge in [0.2, 0.25) is 0 Å². The van der Waals surface area contributed by atoms with Crippen LogP contribution in [0.3, 0.4) is 0 Å². The van der Waals surface area contributed by atoms with E-state index in [1.807, 2.05) is 6.92 Å². The van der Waals surface area contributed by atoms with Gasteiger partial charge in [0.05, 0.1) is 12.2 Å². The van der Waals surface area contributed by atoms with Crippen LogP contribution in [-0.4, -0.2) is 60.0 Å². The third-order valence-corrected chi connectivity index (χ3v) is 5.78. The van der Waals surface area contributed by atoms with E-state index in [-0.39, 0.29) is 12.2 Å². The molecule has 2 heterocycles. The number of esters is 2. The van der Waals surface area contributed by atoms with Crippen molar-refractivity contribution in [1.29, 1.82) is 0 Å². The van der Waals surface area contributed by atoms with Gasteiger partial charge in [-0.15, -0.1) is 11.3 Å². The first-order valence-electron chi connectivity index (χ1n) is 9.54. The molecule has 4 amide bonds. The largest absolute Gasteiger partial charge is 0.462 e. The molecule has 164 valence electrons. The second-order valence-corrected chi connectivity index (χ2v) is 7.88. The Kier molecular flexibility index (Phi) is 7.54. The van der Waals surface area contributed by atoms with E-state index in [4.69, 9.17) is 9.47 Å². The first-order chi connectivity index (χ1) is 14.1. The van der Waals surface area contributed by atoms with E-state index in [0.29, 0.717) is 17.8 Å². The summed E-state index contributed by atoms with van der Waals surface area (Å²) in [7, 11) is 0. The smallest absolute Gasteiger partial charge is 0.341 e. The highest BCUT2D eigenvalue weighted by Crippen LogP contribution is 2.29. The maximum atomic E-state index is 12.3. The fourth-order valence-electron chi connectivity index (χ4n) is 2.68. The Labute approximate surface area is 177 Å². The second-order valence-electron chi connectivity index (χ2n) is 6.75. The van der Waals surface area contributed by atoms with E-state index in [0.717, 1.165) is 9.78 Å². The molecular weight excluding hydrogens is 414 g/mol. The Morgan fingerprint density at radius 1 is 1.20 bits per heavy atom. The average Bonchev–Trinajstić information content (AvgIpc) is 3.21. The van der Waals surface area contributed by atoms with Crippen LogP contribution in [0.4, 0.5) is 9.80 Å². The van der Waals surface area contributed by atoms with Crippen molar-refractivity contribution in [1.82, 2.24) is 10.2 Å². The van der Waals surface area contributed by atoms with Gasteiger partial charge in [0.15, 0.2) is 6.61 Å². The predicted molar refractivity (Wildman–Crippen MR) is 108 cm³/mol. The highest BCUT2D eigenvalue weighted by atomic mass is 32.1. The number of imide groups is 1. The molecule has 1 aromatic heterocycles. The normalized spacial score (nSPS) is 18.2. The number of rotatable bonds is 9. The standard InChI is InChI=1S/C19H25N3O7S/c1-5-11-8-12(16(25)28-7-3)15(30-11)20-13(23)10-29-14(24)9-22-17(26)19(4,6-2)21-18(22)27/h8H,5-7,9-10H2,1-4H3,(H,20,23)(H,21,27). The minimum Gasteiger partial charge on any atom is -0.462 e. The molecule has 0 spiro atoms. The number of urea groups is 1. The van der Waals surface area contributed by atoms with Gasteiger partial charge in [-0.2, -0.15) is 0 Å². The molecule has 2 rings (SSSR count). The van der Waals surface area contributed by atoms with Crippen molar-refractivity contribution in [2.24, 2.45) is 0 Å². The molecule has 11 heteroatoms. The Bertz CT molecular complexity index is 866. The van der Waals surface area contributed by atoms with E-state index < -0.39 is 48.5 Å². The summed E-state index contributed by atoms with van der Waals surface area (Å²) >= 11 is 1.23. The van der Waals surface area contributed by atoms with Crippen LogP contribution in [0.2, 0.25) is 0 Å². The number of carbonyl (C=O) groups excluding carboxylic acids is 5. The van der Waals surface area contributed by atoms with Gasteiger partial charge in [-0.3, -0.25) is 19.3 Å². The third-order valence-electron chi connectivity index (χ3n) is 4.58. The van der Waals surface area contributed by atoms with Crippen LogP contribution < -0.4 is 10.6 Å². The number of amides is 4. The molecule has 0 aliphatic carbocycles. The van der Waals surface area contributed by atoms with Crippen LogP contribution in [0.1, 0.15) is 49.4 Å². The zero-order valence-electron chi connectivity index (χ0n) is 17.3. The highest BCUT2D eigenvalue weighted by molar-refractivity contribution is 7.16. The van der Waals surface area contributed by atoms with E-state index >= 15 is 0 Å². The molecule has 1 fully saturated rings. The summed E-state index contributed by atoms with van der Waals surface area (Å²) in [4.78, 5) is 62.1. The quantitative estimate of drug-likeness (QED) is 0.442. The number of thiophene rings is 1. The number of nitrogens with zero attached hydrogens (tertiary/aromatic N) is 1. The van der Waals surface area contributed by atoms with Crippen LogP contribution in [0.15, 0.2) is 6.07 Å². The van der Waals surface area contributed by atoms with Gasteiger partial charge in [-0.05, 0) is 32.8 Å². The average molecular weight is 439 g/mol. The van der Waals surface area contributed by atoms with Crippen molar-refractivity contribution in [3.05, 3.63) is 16.5 Å². The molecule has 0 aromatic carbocycles. The van der Waals surface area contributed by atoms with Gasteiger partial charge in [0, 0.05) is 4.88 Å². The van der Waals surface area contributed by atoms with Crippen molar-refractivity contribution in [2.75, 3.05) is 25.1 Å². The topological polar surface area (TPSA) is 131 Å². The lowest BCUT2D eigenvalue weighted by Gasteiger charge is -2.18. The molecule has 0 bridgehead atoms. The van der Waals surface area contributed by atoms with Crippen molar-refractivity contribution >= 4 is 46.1 Å². The Hall–Kier alpha value is -2.95. The summed E-state index contributed by atoms with van der Waals surface area (Å²) in [5.41, 5.74) is -0.828. The van der Waals surface area contributed by atoms with E-state index in [2.05, 4.69) is 10.6 Å². The Morgan fingerprint density at radius 2 is 1.90 bits per heavy atom. The minimum atomic E-state index is -1.06. The Balaban J connectivity index is 1.93. The van der Waals surface area contributed by atoms with Crippen LogP contribution in [-0.2, 0) is 30.3 Å². The molecule has 1 saturated heterocycles. The van der Waals surface area contributed by atoms with Crippen LogP contribution in [0.25, 0.3) is 0 Å². The fraction of sp³-hybridized carbons (Fsp3) is 0.526. The molecule has 30 heavy (non-hydrogen) atoms. The maximum Gasteiger partial charge on any atom is 0.341 e. The summed E-state index contributed by atoms with van der Waals surface area (Å²) in [5, 5.41) is 5.37. The molecule has 1 unspecified atom stereocenters. The monoisotopic (exact) mass is 439 g/mol. The SMILES string of the molecule is CCOC(=O)c1cc(CC)sc1NC(=O)COC(=O)CN1C(=O)NC(C)(CC)C1=O. The molecule has 1 aromatic rings. The number of hydrogen-bond acceptors (Lipinski definition) is 8. The first kappa shape index (κ1) is 23.3. The summed E-state index contributed by atoms with van der Waals surface area (Å²) in [6.07, 6.45) is 1.04. The summed E-state index contributed by atoms with van der Waals surface area (Å²) in [5.74, 6) is -2.64. The van der Waals surface area contributed by atoms with Crippen LogP contribution in [0.5, 0.6) is 0 Å². The Morgan fingerprint density at radius 3 is 2.47 bits per heavy atom. The highest BCUT2D eigenvalue weighted by Gasteiger charge is 2.47. The van der Waals surface area contributed by atoms with Gasteiger partial charge < -0.3 is 20.1 Å². The van der Waals surface area contributed by atoms with Gasteiger partial charge >= 0.3 is 18.0 Å². The fourth-order valence-corrected chi connectivity index (χ4v) is 3.68. The number of hydrogen-bond donors (Lipinski definition) is 2. The number of ether oxygens (including phenoxy) is 2. The summed E-state index contributed by atoms with van der Waals surface area (Å²) in [6, 6.07) is 0.961. The zero-order chi connectivity index (χ0) is 22.5. The van der Waals surface area contributed by atoms with Crippen molar-refractivity contribution < 1.29 is 33.4 Å². The molecule has 0 saturated carbocycles. The minimum absolute atomic E-state index is 0.195. The number of carbonyl (C=O) groups is 5. The van der Waals surface area contributed by atoms with Gasteiger partial charge in [0.25, 0.3) is 11.8 Å². The number of aryl methyl sites for hydroxylation is 1. The summed E-state index contributed by atoms with van der Waals surface area (Å²) < 4.78 is 9.86. The molecular formula is C19H25N3O7S. The predicted octanol–water partition coefficient (Wildman–Crippen LogP) is 1.69. The summed E-state index contributed by atoms with van der Waals surface area (Å²) in [6.45, 7) is 5.86. The van der Waals surface area contributed by atoms with E-state index in [9.17, 15) is 24.0 Å². The first-order valence-corrected chi connectivity index (χ1v) is 10.4. The molecule has 1 aliphatic rings. The molecule has 10 nitrogen and oxygen atoms in total. The van der Waals surface area contributed by atoms with Gasteiger partial charge in [-0.25, -0.2) is 9.59 Å². The zero-order valence-corrected chi connectivity index (χ0v) is 18.1. The van der Waals surface area contributed by atoms with Crippen molar-refractivity contribution in [3.63, 3.8) is 0 Å². The third kappa shape index (κ3) is 5.15. The van der Waals surface area contributed by atoms with Crippen LogP contribution >= 0.6 is 11.3 Å².